The van der Waals surface area contributed by atoms with Gasteiger partial charge < -0.3 is 28.4 Å². The van der Waals surface area contributed by atoms with Crippen molar-refractivity contribution in [3.05, 3.63) is 12.2 Å². The highest BCUT2D eigenvalue weighted by Crippen LogP contribution is 2.16. The largest absolute Gasteiger partial charge is 0.491 e. The van der Waals surface area contributed by atoms with E-state index in [9.17, 15) is 0 Å². The minimum atomic E-state index is 0.200. The highest BCUT2D eigenvalue weighted by atomic mass is 16.7. The van der Waals surface area contributed by atoms with Gasteiger partial charge in [0.2, 0.25) is 0 Å². The van der Waals surface area contributed by atoms with Crippen LogP contribution in [0.2, 0.25) is 0 Å². The molecule has 0 aliphatic carbocycles. The van der Waals surface area contributed by atoms with Gasteiger partial charge in [0.25, 0.3) is 0 Å². The maximum atomic E-state index is 5.44. The minimum Gasteiger partial charge on any atom is -0.491 e. The Morgan fingerprint density at radius 3 is 1.82 bits per heavy atom. The van der Waals surface area contributed by atoms with E-state index in [1.54, 1.807) is 0 Å². The first-order chi connectivity index (χ1) is 8.40. The number of hydrogen-bond acceptors (Lipinski definition) is 6. The van der Waals surface area contributed by atoms with Crippen molar-refractivity contribution in [3.63, 3.8) is 0 Å². The van der Waals surface area contributed by atoms with E-state index in [1.165, 1.54) is 6.26 Å². The van der Waals surface area contributed by atoms with Gasteiger partial charge in [0, 0.05) is 0 Å². The monoisotopic (exact) mass is 244 g/mol. The summed E-state index contributed by atoms with van der Waals surface area (Å²) in [6.45, 7) is 3.83. The summed E-state index contributed by atoms with van der Waals surface area (Å²) in [5.74, 6) is 0.386. The molecule has 0 N–H and O–H groups in total. The molecule has 96 valence electrons. The summed E-state index contributed by atoms with van der Waals surface area (Å²) in [7, 11) is 0. The molecule has 0 saturated carbocycles. The van der Waals surface area contributed by atoms with E-state index < -0.39 is 0 Å². The predicted molar refractivity (Wildman–Crippen MR) is 55.2 cm³/mol. The van der Waals surface area contributed by atoms with E-state index in [1.807, 2.05) is 0 Å². The fraction of sp³-hybridized carbons (Fsp3) is 0.818. The van der Waals surface area contributed by atoms with Crippen molar-refractivity contribution in [1.29, 1.82) is 0 Å². The Hall–Kier alpha value is -0.980. The molecule has 6 heteroatoms. The Morgan fingerprint density at radius 1 is 0.882 bits per heavy atom. The lowest BCUT2D eigenvalue weighted by molar-refractivity contribution is 0.0104. The molecule has 3 atom stereocenters. The Balaban J connectivity index is 1.38. The van der Waals surface area contributed by atoms with Gasteiger partial charge in [0.1, 0.15) is 38.1 Å². The third-order valence-electron chi connectivity index (χ3n) is 2.49. The summed E-state index contributed by atoms with van der Waals surface area (Å²) >= 11 is 0. The standard InChI is InChI=1S/C11H16O6/c1(8-2-13-8)12-7-11(16-5-9-3-14-9)17-6-10-4-15-10/h7-10H,1-6H2. The van der Waals surface area contributed by atoms with Crippen LogP contribution in [0.3, 0.4) is 0 Å². The van der Waals surface area contributed by atoms with Gasteiger partial charge in [-0.25, -0.2) is 0 Å². The zero-order valence-corrected chi connectivity index (χ0v) is 9.50. The van der Waals surface area contributed by atoms with E-state index in [-0.39, 0.29) is 18.3 Å². The van der Waals surface area contributed by atoms with Gasteiger partial charge in [-0.3, -0.25) is 0 Å². The van der Waals surface area contributed by atoms with Crippen LogP contribution in [0, 0.1) is 0 Å². The Morgan fingerprint density at radius 2 is 1.35 bits per heavy atom. The molecule has 17 heavy (non-hydrogen) atoms. The lowest BCUT2D eigenvalue weighted by Crippen LogP contribution is -2.09. The van der Waals surface area contributed by atoms with Crippen molar-refractivity contribution in [2.75, 3.05) is 39.6 Å². The van der Waals surface area contributed by atoms with Crippen LogP contribution in [0.5, 0.6) is 0 Å². The lowest BCUT2D eigenvalue weighted by Gasteiger charge is -2.10. The van der Waals surface area contributed by atoms with Crippen molar-refractivity contribution < 1.29 is 28.4 Å². The van der Waals surface area contributed by atoms with E-state index in [0.717, 1.165) is 19.8 Å². The van der Waals surface area contributed by atoms with Crippen molar-refractivity contribution >= 4 is 0 Å². The smallest absolute Gasteiger partial charge is 0.315 e. The van der Waals surface area contributed by atoms with Crippen LogP contribution < -0.4 is 0 Å². The average molecular weight is 244 g/mol. The predicted octanol–water partition coefficient (Wildman–Crippen LogP) is 0.0315. The molecule has 0 spiro atoms. The van der Waals surface area contributed by atoms with Crippen molar-refractivity contribution in [1.82, 2.24) is 0 Å². The molecule has 0 radical (unpaired) electrons. The van der Waals surface area contributed by atoms with Crippen molar-refractivity contribution in [2.24, 2.45) is 0 Å². The molecule has 3 aliphatic rings. The molecule has 3 unspecified atom stereocenters. The Kier molecular flexibility index (Phi) is 3.35. The molecule has 3 fully saturated rings. The van der Waals surface area contributed by atoms with Crippen LogP contribution in [-0.2, 0) is 28.4 Å². The maximum Gasteiger partial charge on any atom is 0.315 e. The van der Waals surface area contributed by atoms with Crippen molar-refractivity contribution in [2.45, 2.75) is 18.3 Å². The summed E-state index contributed by atoms with van der Waals surface area (Å²) in [5.41, 5.74) is 0. The number of ether oxygens (including phenoxy) is 6. The van der Waals surface area contributed by atoms with Crippen LogP contribution in [0.4, 0.5) is 0 Å². The first kappa shape index (κ1) is 11.1. The summed E-state index contributed by atoms with van der Waals surface area (Å²) in [6.07, 6.45) is 2.12. The molecule has 3 aliphatic heterocycles. The van der Waals surface area contributed by atoms with E-state index >= 15 is 0 Å². The molecule has 0 aromatic carbocycles. The molecule has 0 amide bonds. The minimum absolute atomic E-state index is 0.200. The van der Waals surface area contributed by atoms with E-state index in [0.29, 0.717) is 25.8 Å². The SMILES string of the molecule is C(OCC1CO1)=C(OCC1CO1)OCC1CO1. The zero-order chi connectivity index (χ0) is 11.5. The topological polar surface area (TPSA) is 65.3 Å². The zero-order valence-electron chi connectivity index (χ0n) is 9.50. The Labute approximate surface area is 99.4 Å². The molecular weight excluding hydrogens is 228 g/mol. The normalized spacial score (nSPS) is 32.6. The van der Waals surface area contributed by atoms with Crippen LogP contribution in [0.15, 0.2) is 12.2 Å². The Bertz CT molecular complexity index is 262. The summed E-state index contributed by atoms with van der Waals surface area (Å²) in [5, 5.41) is 0. The first-order valence-corrected chi connectivity index (χ1v) is 5.82. The molecule has 3 heterocycles. The molecule has 0 aromatic rings. The van der Waals surface area contributed by atoms with Crippen LogP contribution in [-0.4, -0.2) is 58.0 Å². The molecular formula is C11H16O6. The lowest BCUT2D eigenvalue weighted by atomic mass is 10.5. The van der Waals surface area contributed by atoms with E-state index in [2.05, 4.69) is 0 Å². The third-order valence-corrected chi connectivity index (χ3v) is 2.49. The molecule has 3 rings (SSSR count). The number of rotatable bonds is 9. The fourth-order valence-electron chi connectivity index (χ4n) is 1.18. The quantitative estimate of drug-likeness (QED) is 0.421. The molecule has 0 aromatic heterocycles. The van der Waals surface area contributed by atoms with Gasteiger partial charge in [0.05, 0.1) is 19.8 Å². The van der Waals surface area contributed by atoms with Gasteiger partial charge in [0.15, 0.2) is 6.26 Å². The van der Waals surface area contributed by atoms with Gasteiger partial charge in [-0.2, -0.15) is 0 Å². The van der Waals surface area contributed by atoms with Crippen LogP contribution in [0.25, 0.3) is 0 Å². The second-order valence-corrected chi connectivity index (χ2v) is 4.26. The molecule has 0 bridgehead atoms. The molecule has 6 nitrogen and oxygen atoms in total. The summed E-state index contributed by atoms with van der Waals surface area (Å²) < 4.78 is 31.3. The number of hydrogen-bond donors (Lipinski definition) is 0. The summed E-state index contributed by atoms with van der Waals surface area (Å²) in [6, 6.07) is 0. The van der Waals surface area contributed by atoms with Gasteiger partial charge in [-0.05, 0) is 0 Å². The summed E-state index contributed by atoms with van der Waals surface area (Å²) in [4.78, 5) is 0. The fourth-order valence-corrected chi connectivity index (χ4v) is 1.18. The van der Waals surface area contributed by atoms with Gasteiger partial charge >= 0.3 is 5.95 Å². The second kappa shape index (κ2) is 5.12. The maximum absolute atomic E-state index is 5.44. The van der Waals surface area contributed by atoms with Crippen LogP contribution >= 0.6 is 0 Å². The van der Waals surface area contributed by atoms with E-state index in [4.69, 9.17) is 28.4 Å². The first-order valence-electron chi connectivity index (χ1n) is 5.82. The molecule has 3 saturated heterocycles. The van der Waals surface area contributed by atoms with Crippen LogP contribution in [0.1, 0.15) is 0 Å². The van der Waals surface area contributed by atoms with Crippen molar-refractivity contribution in [3.8, 4) is 0 Å². The second-order valence-electron chi connectivity index (χ2n) is 4.26. The average Bonchev–Trinajstić information content (AvgIpc) is 3.15. The third kappa shape index (κ3) is 4.41. The highest BCUT2D eigenvalue weighted by molar-refractivity contribution is 4.82. The van der Waals surface area contributed by atoms with Gasteiger partial charge in [-0.15, -0.1) is 0 Å². The van der Waals surface area contributed by atoms with Gasteiger partial charge in [-0.1, -0.05) is 0 Å². The highest BCUT2D eigenvalue weighted by Gasteiger charge is 2.27. The number of epoxide rings is 3.